The van der Waals surface area contributed by atoms with Gasteiger partial charge in [-0.05, 0) is 42.7 Å². The fourth-order valence-electron chi connectivity index (χ4n) is 4.22. The van der Waals surface area contributed by atoms with Crippen molar-refractivity contribution < 1.29 is 14.3 Å². The van der Waals surface area contributed by atoms with Gasteiger partial charge in [0.15, 0.2) is 5.69 Å². The highest BCUT2D eigenvalue weighted by atomic mass is 16.5. The van der Waals surface area contributed by atoms with Crippen molar-refractivity contribution in [1.82, 2.24) is 14.5 Å². The summed E-state index contributed by atoms with van der Waals surface area (Å²) in [5.41, 5.74) is 4.34. The molecule has 3 aromatic rings. The zero-order valence-electron chi connectivity index (χ0n) is 15.7. The SMILES string of the molecule is COC(=O)c1ncccc1-c1ccc2c(c1)-n1cccc1C(=O)N(C)C21CC1. The van der Waals surface area contributed by atoms with E-state index in [1.54, 1.807) is 12.3 Å². The van der Waals surface area contributed by atoms with E-state index in [1.807, 2.05) is 53.0 Å². The van der Waals surface area contributed by atoms with Crippen molar-refractivity contribution in [2.24, 2.45) is 0 Å². The number of rotatable bonds is 2. The standard InChI is InChI=1S/C22H19N3O3/c1-24-20(26)17-6-4-12-25(17)18-13-14(7-8-16(18)22(24)9-10-22)15-5-3-11-23-19(15)21(27)28-2/h3-8,11-13H,9-10H2,1-2H3. The topological polar surface area (TPSA) is 64.4 Å². The Hall–Kier alpha value is -3.41. The van der Waals surface area contributed by atoms with Crippen LogP contribution in [-0.4, -0.2) is 40.5 Å². The fraction of sp³-hybridized carbons (Fsp3) is 0.227. The molecule has 0 atom stereocenters. The van der Waals surface area contributed by atoms with E-state index < -0.39 is 5.97 Å². The maximum absolute atomic E-state index is 13.0. The average molecular weight is 373 g/mol. The number of nitrogens with zero attached hydrogens (tertiary/aromatic N) is 3. The van der Waals surface area contributed by atoms with Gasteiger partial charge in [0.1, 0.15) is 5.69 Å². The zero-order valence-corrected chi connectivity index (χ0v) is 15.7. The zero-order chi connectivity index (χ0) is 19.5. The largest absolute Gasteiger partial charge is 0.464 e. The van der Waals surface area contributed by atoms with Crippen LogP contribution in [0, 0.1) is 0 Å². The van der Waals surface area contributed by atoms with Gasteiger partial charge in [0.25, 0.3) is 5.91 Å². The summed E-state index contributed by atoms with van der Waals surface area (Å²) in [5.74, 6) is -0.447. The van der Waals surface area contributed by atoms with Crippen molar-refractivity contribution in [2.75, 3.05) is 14.2 Å². The molecule has 1 amide bonds. The lowest BCUT2D eigenvalue weighted by atomic mass is 9.96. The van der Waals surface area contributed by atoms with E-state index >= 15 is 0 Å². The number of ether oxygens (including phenoxy) is 1. The van der Waals surface area contributed by atoms with Gasteiger partial charge >= 0.3 is 5.97 Å². The van der Waals surface area contributed by atoms with Gasteiger partial charge in [-0.3, -0.25) is 4.79 Å². The number of hydrogen-bond donors (Lipinski definition) is 0. The van der Waals surface area contributed by atoms with E-state index in [4.69, 9.17) is 4.74 Å². The summed E-state index contributed by atoms with van der Waals surface area (Å²) in [5, 5.41) is 0. The first-order valence-electron chi connectivity index (χ1n) is 9.21. The van der Waals surface area contributed by atoms with Gasteiger partial charge in [-0.2, -0.15) is 0 Å². The summed E-state index contributed by atoms with van der Waals surface area (Å²) >= 11 is 0. The average Bonchev–Trinajstić information content (AvgIpc) is 3.41. The Bertz CT molecular complexity index is 1130. The second-order valence-electron chi connectivity index (χ2n) is 7.28. The molecule has 1 spiro atoms. The summed E-state index contributed by atoms with van der Waals surface area (Å²) < 4.78 is 6.83. The van der Waals surface area contributed by atoms with E-state index in [-0.39, 0.29) is 17.1 Å². The van der Waals surface area contributed by atoms with Crippen LogP contribution < -0.4 is 0 Å². The molecule has 2 aromatic heterocycles. The second-order valence-corrected chi connectivity index (χ2v) is 7.28. The second kappa shape index (κ2) is 5.79. The van der Waals surface area contributed by atoms with Crippen molar-refractivity contribution >= 4 is 11.9 Å². The highest BCUT2D eigenvalue weighted by Gasteiger charge is 2.53. The lowest BCUT2D eigenvalue weighted by molar-refractivity contribution is 0.0594. The number of aromatic nitrogens is 2. The minimum Gasteiger partial charge on any atom is -0.464 e. The first kappa shape index (κ1) is 16.7. The molecule has 1 saturated carbocycles. The van der Waals surface area contributed by atoms with Gasteiger partial charge in [-0.25, -0.2) is 9.78 Å². The Balaban J connectivity index is 1.75. The smallest absolute Gasteiger partial charge is 0.357 e. The van der Waals surface area contributed by atoms with E-state index in [0.717, 1.165) is 29.7 Å². The molecule has 28 heavy (non-hydrogen) atoms. The summed E-state index contributed by atoms with van der Waals surface area (Å²) in [6.45, 7) is 0. The number of methoxy groups -OCH3 is 1. The molecule has 140 valence electrons. The maximum Gasteiger partial charge on any atom is 0.357 e. The molecule has 3 heterocycles. The molecule has 1 fully saturated rings. The van der Waals surface area contributed by atoms with Crippen molar-refractivity contribution in [3.63, 3.8) is 0 Å². The maximum atomic E-state index is 13.0. The normalized spacial score (nSPS) is 16.4. The van der Waals surface area contributed by atoms with E-state index in [1.165, 1.54) is 7.11 Å². The van der Waals surface area contributed by atoms with Crippen LogP contribution in [0.1, 0.15) is 39.4 Å². The molecule has 1 aliphatic carbocycles. The molecule has 6 nitrogen and oxygen atoms in total. The molecule has 1 aromatic carbocycles. The van der Waals surface area contributed by atoms with E-state index in [0.29, 0.717) is 11.3 Å². The molecule has 6 heteroatoms. The Labute approximate surface area is 162 Å². The third kappa shape index (κ3) is 2.17. The number of carbonyl (C=O) groups is 2. The lowest BCUT2D eigenvalue weighted by Gasteiger charge is -2.27. The monoisotopic (exact) mass is 373 g/mol. The quantitative estimate of drug-likeness (QED) is 0.646. The van der Waals surface area contributed by atoms with Gasteiger partial charge in [0.2, 0.25) is 0 Å². The molecule has 0 bridgehead atoms. The van der Waals surface area contributed by atoms with Crippen LogP contribution in [0.15, 0.2) is 54.9 Å². The Morgan fingerprint density at radius 1 is 1.18 bits per heavy atom. The molecule has 1 aliphatic heterocycles. The van der Waals surface area contributed by atoms with Crippen LogP contribution in [0.5, 0.6) is 0 Å². The van der Waals surface area contributed by atoms with Gasteiger partial charge in [-0.1, -0.05) is 18.2 Å². The third-order valence-electron chi connectivity index (χ3n) is 5.89. The summed E-state index contributed by atoms with van der Waals surface area (Å²) in [7, 11) is 3.23. The van der Waals surface area contributed by atoms with Crippen LogP contribution in [0.25, 0.3) is 16.8 Å². The third-order valence-corrected chi connectivity index (χ3v) is 5.89. The molecule has 0 saturated heterocycles. The van der Waals surface area contributed by atoms with Crippen molar-refractivity contribution in [1.29, 1.82) is 0 Å². The molecule has 0 N–H and O–H groups in total. The highest BCUT2D eigenvalue weighted by molar-refractivity contribution is 5.97. The Kier molecular flexibility index (Phi) is 3.46. The highest BCUT2D eigenvalue weighted by Crippen LogP contribution is 2.54. The first-order valence-corrected chi connectivity index (χ1v) is 9.21. The number of amides is 1. The van der Waals surface area contributed by atoms with Crippen LogP contribution in [-0.2, 0) is 10.3 Å². The molecule has 0 unspecified atom stereocenters. The number of hydrogen-bond acceptors (Lipinski definition) is 4. The predicted molar refractivity (Wildman–Crippen MR) is 103 cm³/mol. The van der Waals surface area contributed by atoms with Gasteiger partial charge in [0, 0.05) is 30.6 Å². The molecule has 0 radical (unpaired) electrons. The van der Waals surface area contributed by atoms with Crippen molar-refractivity contribution in [2.45, 2.75) is 18.4 Å². The van der Waals surface area contributed by atoms with Crippen LogP contribution in [0.3, 0.4) is 0 Å². The number of carbonyl (C=O) groups excluding carboxylic acids is 2. The van der Waals surface area contributed by atoms with Gasteiger partial charge in [-0.15, -0.1) is 0 Å². The van der Waals surface area contributed by atoms with Crippen LogP contribution in [0.2, 0.25) is 0 Å². The van der Waals surface area contributed by atoms with Gasteiger partial charge < -0.3 is 14.2 Å². The fourth-order valence-corrected chi connectivity index (χ4v) is 4.22. The van der Waals surface area contributed by atoms with Crippen molar-refractivity contribution in [3.05, 3.63) is 71.8 Å². The summed E-state index contributed by atoms with van der Waals surface area (Å²) in [4.78, 5) is 31.2. The lowest BCUT2D eigenvalue weighted by Crippen LogP contribution is -2.36. The van der Waals surface area contributed by atoms with Crippen LogP contribution >= 0.6 is 0 Å². The Morgan fingerprint density at radius 3 is 2.75 bits per heavy atom. The molecule has 2 aliphatic rings. The number of fused-ring (bicyclic) bond motifs is 4. The minimum atomic E-state index is -0.472. The molecule has 5 rings (SSSR count). The van der Waals surface area contributed by atoms with Gasteiger partial charge in [0.05, 0.1) is 18.3 Å². The van der Waals surface area contributed by atoms with Crippen molar-refractivity contribution in [3.8, 4) is 16.8 Å². The van der Waals surface area contributed by atoms with E-state index in [2.05, 4.69) is 11.1 Å². The molecular formula is C22H19N3O3. The molecular weight excluding hydrogens is 354 g/mol. The summed E-state index contributed by atoms with van der Waals surface area (Å²) in [6.07, 6.45) is 5.39. The number of esters is 1. The van der Waals surface area contributed by atoms with Crippen LogP contribution in [0.4, 0.5) is 0 Å². The number of pyridine rings is 1. The Morgan fingerprint density at radius 2 is 2.00 bits per heavy atom. The van der Waals surface area contributed by atoms with E-state index in [9.17, 15) is 9.59 Å². The predicted octanol–water partition coefficient (Wildman–Crippen LogP) is 3.40. The number of benzene rings is 1. The summed E-state index contributed by atoms with van der Waals surface area (Å²) in [6, 6.07) is 13.5. The minimum absolute atomic E-state index is 0.0249. The first-order chi connectivity index (χ1) is 13.6.